The van der Waals surface area contributed by atoms with Gasteiger partial charge in [0.25, 0.3) is 0 Å². The predicted octanol–water partition coefficient (Wildman–Crippen LogP) is 3.56. The van der Waals surface area contributed by atoms with Crippen molar-refractivity contribution in [3.8, 4) is 5.88 Å². The quantitative estimate of drug-likeness (QED) is 0.926. The molecule has 3 heteroatoms. The maximum atomic E-state index is 6.11. The zero-order valence-electron chi connectivity index (χ0n) is 11.8. The Morgan fingerprint density at radius 3 is 3.00 bits per heavy atom. The lowest BCUT2D eigenvalue weighted by molar-refractivity contribution is 0.175. The van der Waals surface area contributed by atoms with Crippen molar-refractivity contribution in [3.63, 3.8) is 0 Å². The Morgan fingerprint density at radius 2 is 2.15 bits per heavy atom. The number of ether oxygens (including phenoxy) is 1. The third-order valence-electron chi connectivity index (χ3n) is 3.86. The van der Waals surface area contributed by atoms with Gasteiger partial charge in [0.15, 0.2) is 0 Å². The molecule has 0 fully saturated rings. The summed E-state index contributed by atoms with van der Waals surface area (Å²) in [6.07, 6.45) is 5.22. The van der Waals surface area contributed by atoms with Crippen molar-refractivity contribution < 1.29 is 4.74 Å². The van der Waals surface area contributed by atoms with Crippen LogP contribution >= 0.6 is 0 Å². The molecular formula is C17H20N2O. The van der Waals surface area contributed by atoms with E-state index in [1.807, 2.05) is 19.1 Å². The second-order valence-electron chi connectivity index (χ2n) is 5.41. The summed E-state index contributed by atoms with van der Waals surface area (Å²) in [5.74, 6) is 0.668. The Labute approximate surface area is 119 Å². The first kappa shape index (κ1) is 13.1. The Morgan fingerprint density at radius 1 is 1.30 bits per heavy atom. The van der Waals surface area contributed by atoms with Crippen LogP contribution in [0.2, 0.25) is 0 Å². The number of rotatable bonds is 3. The first-order valence-corrected chi connectivity index (χ1v) is 7.20. The summed E-state index contributed by atoms with van der Waals surface area (Å²) in [4.78, 5) is 4.31. The smallest absolute Gasteiger partial charge is 0.214 e. The van der Waals surface area contributed by atoms with E-state index in [1.54, 1.807) is 6.20 Å². The molecule has 104 valence electrons. The van der Waals surface area contributed by atoms with E-state index in [-0.39, 0.29) is 12.1 Å². The normalized spacial score (nSPS) is 19.2. The van der Waals surface area contributed by atoms with Gasteiger partial charge < -0.3 is 10.5 Å². The maximum Gasteiger partial charge on any atom is 0.214 e. The summed E-state index contributed by atoms with van der Waals surface area (Å²) < 4.78 is 6.11. The molecule has 0 spiro atoms. The van der Waals surface area contributed by atoms with Gasteiger partial charge in [0.1, 0.15) is 6.10 Å². The van der Waals surface area contributed by atoms with Crippen LogP contribution in [0.4, 0.5) is 0 Å². The Hall–Kier alpha value is -1.87. The molecule has 3 rings (SSSR count). The van der Waals surface area contributed by atoms with Crippen LogP contribution in [0.25, 0.3) is 0 Å². The van der Waals surface area contributed by atoms with E-state index in [9.17, 15) is 0 Å². The average molecular weight is 268 g/mol. The third kappa shape index (κ3) is 2.68. The van der Waals surface area contributed by atoms with Gasteiger partial charge in [0, 0.05) is 18.3 Å². The number of hydrogen-bond donors (Lipinski definition) is 1. The van der Waals surface area contributed by atoms with Crippen LogP contribution in [0.5, 0.6) is 5.88 Å². The van der Waals surface area contributed by atoms with Gasteiger partial charge in [-0.05, 0) is 48.9 Å². The van der Waals surface area contributed by atoms with Gasteiger partial charge in [-0.2, -0.15) is 0 Å². The van der Waals surface area contributed by atoms with Crippen molar-refractivity contribution >= 4 is 0 Å². The number of aromatic nitrogens is 1. The highest BCUT2D eigenvalue weighted by Crippen LogP contribution is 2.33. The number of nitrogens with zero attached hydrogens (tertiary/aromatic N) is 1. The lowest BCUT2D eigenvalue weighted by Gasteiger charge is -2.26. The predicted molar refractivity (Wildman–Crippen MR) is 79.6 cm³/mol. The fourth-order valence-electron chi connectivity index (χ4n) is 2.75. The monoisotopic (exact) mass is 268 g/mol. The summed E-state index contributed by atoms with van der Waals surface area (Å²) >= 11 is 0. The maximum absolute atomic E-state index is 6.11. The summed E-state index contributed by atoms with van der Waals surface area (Å²) in [6.45, 7) is 1.97. The number of benzene rings is 1. The third-order valence-corrected chi connectivity index (χ3v) is 3.86. The van der Waals surface area contributed by atoms with Crippen molar-refractivity contribution in [2.45, 2.75) is 38.3 Å². The molecular weight excluding hydrogens is 248 g/mol. The average Bonchev–Trinajstić information content (AvgIpc) is 2.48. The SMILES string of the molecule is C[C@@H](N)c1ccnc(OC2CCCc3ccccc32)c1. The van der Waals surface area contributed by atoms with Gasteiger partial charge in [0.05, 0.1) is 0 Å². The number of hydrogen-bond acceptors (Lipinski definition) is 3. The first-order chi connectivity index (χ1) is 9.74. The van der Waals surface area contributed by atoms with Crippen molar-refractivity contribution in [2.75, 3.05) is 0 Å². The minimum Gasteiger partial charge on any atom is -0.469 e. The molecule has 0 bridgehead atoms. The zero-order valence-corrected chi connectivity index (χ0v) is 11.8. The fourth-order valence-corrected chi connectivity index (χ4v) is 2.75. The van der Waals surface area contributed by atoms with Crippen LogP contribution in [-0.4, -0.2) is 4.98 Å². The van der Waals surface area contributed by atoms with Crippen molar-refractivity contribution in [1.82, 2.24) is 4.98 Å². The molecule has 1 unspecified atom stereocenters. The fraction of sp³-hybridized carbons (Fsp3) is 0.353. The van der Waals surface area contributed by atoms with Gasteiger partial charge in [-0.1, -0.05) is 24.3 Å². The summed E-state index contributed by atoms with van der Waals surface area (Å²) in [5.41, 5.74) is 9.66. The van der Waals surface area contributed by atoms with E-state index in [0.717, 1.165) is 24.8 Å². The summed E-state index contributed by atoms with van der Waals surface area (Å²) in [7, 11) is 0. The second kappa shape index (κ2) is 5.63. The van der Waals surface area contributed by atoms with Crippen LogP contribution in [0, 0.1) is 0 Å². The van der Waals surface area contributed by atoms with E-state index in [0.29, 0.717) is 5.88 Å². The molecule has 0 saturated heterocycles. The lowest BCUT2D eigenvalue weighted by Crippen LogP contribution is -2.16. The van der Waals surface area contributed by atoms with Crippen LogP contribution in [0.1, 0.15) is 48.6 Å². The van der Waals surface area contributed by atoms with Crippen molar-refractivity contribution in [2.24, 2.45) is 5.73 Å². The molecule has 2 aromatic rings. The molecule has 1 aliphatic carbocycles. The van der Waals surface area contributed by atoms with Crippen LogP contribution in [-0.2, 0) is 6.42 Å². The molecule has 0 radical (unpaired) electrons. The van der Waals surface area contributed by atoms with E-state index >= 15 is 0 Å². The molecule has 20 heavy (non-hydrogen) atoms. The molecule has 3 nitrogen and oxygen atoms in total. The molecule has 1 heterocycles. The lowest BCUT2D eigenvalue weighted by atomic mass is 9.89. The number of nitrogens with two attached hydrogens (primary N) is 1. The van der Waals surface area contributed by atoms with Crippen LogP contribution < -0.4 is 10.5 Å². The topological polar surface area (TPSA) is 48.1 Å². The molecule has 0 amide bonds. The van der Waals surface area contributed by atoms with Gasteiger partial charge in [-0.25, -0.2) is 4.98 Å². The second-order valence-corrected chi connectivity index (χ2v) is 5.41. The summed E-state index contributed by atoms with van der Waals surface area (Å²) in [6, 6.07) is 12.4. The molecule has 1 aromatic carbocycles. The summed E-state index contributed by atoms with van der Waals surface area (Å²) in [5, 5.41) is 0. The van der Waals surface area contributed by atoms with E-state index in [2.05, 4.69) is 29.2 Å². The standard InChI is InChI=1S/C17H20N2O/c1-12(18)14-9-10-19-17(11-14)20-16-8-4-6-13-5-2-3-7-15(13)16/h2-3,5,7,9-12,16H,4,6,8,18H2,1H3/t12-,16?/m1/s1. The molecule has 0 saturated carbocycles. The highest BCUT2D eigenvalue weighted by molar-refractivity contribution is 5.32. The van der Waals surface area contributed by atoms with Crippen LogP contribution in [0.15, 0.2) is 42.6 Å². The zero-order chi connectivity index (χ0) is 13.9. The van der Waals surface area contributed by atoms with E-state index < -0.39 is 0 Å². The molecule has 2 atom stereocenters. The van der Waals surface area contributed by atoms with Crippen molar-refractivity contribution in [3.05, 3.63) is 59.3 Å². The Kier molecular flexibility index (Phi) is 3.70. The largest absolute Gasteiger partial charge is 0.469 e. The molecule has 0 aliphatic heterocycles. The number of aryl methyl sites for hydroxylation is 1. The van der Waals surface area contributed by atoms with E-state index in [4.69, 9.17) is 10.5 Å². The van der Waals surface area contributed by atoms with Crippen molar-refractivity contribution in [1.29, 1.82) is 0 Å². The number of pyridine rings is 1. The Balaban J connectivity index is 1.84. The van der Waals surface area contributed by atoms with Gasteiger partial charge in [0.2, 0.25) is 5.88 Å². The highest BCUT2D eigenvalue weighted by Gasteiger charge is 2.21. The first-order valence-electron chi connectivity index (χ1n) is 7.20. The molecule has 1 aliphatic rings. The van der Waals surface area contributed by atoms with Gasteiger partial charge >= 0.3 is 0 Å². The van der Waals surface area contributed by atoms with E-state index in [1.165, 1.54) is 11.1 Å². The minimum absolute atomic E-state index is 0.000933. The number of fused-ring (bicyclic) bond motifs is 1. The highest BCUT2D eigenvalue weighted by atomic mass is 16.5. The molecule has 2 N–H and O–H groups in total. The van der Waals surface area contributed by atoms with Gasteiger partial charge in [-0.3, -0.25) is 0 Å². The van der Waals surface area contributed by atoms with Crippen LogP contribution in [0.3, 0.4) is 0 Å². The molecule has 1 aromatic heterocycles. The Bertz CT molecular complexity index is 595. The minimum atomic E-state index is -0.000933. The van der Waals surface area contributed by atoms with Gasteiger partial charge in [-0.15, -0.1) is 0 Å².